The third-order valence-corrected chi connectivity index (χ3v) is 2.56. The lowest BCUT2D eigenvalue weighted by Crippen LogP contribution is -2.29. The summed E-state index contributed by atoms with van der Waals surface area (Å²) in [6, 6.07) is 0.550. The topological polar surface area (TPSA) is 3.24 Å². The summed E-state index contributed by atoms with van der Waals surface area (Å²) in [6.45, 7) is 0. The van der Waals surface area contributed by atoms with Gasteiger partial charge in [-0.1, -0.05) is 0 Å². The van der Waals surface area contributed by atoms with E-state index in [1.54, 1.807) is 0 Å². The van der Waals surface area contributed by atoms with Crippen LogP contribution in [0.3, 0.4) is 0 Å². The van der Waals surface area contributed by atoms with Crippen molar-refractivity contribution < 1.29 is 0 Å². The van der Waals surface area contributed by atoms with Gasteiger partial charge >= 0.3 is 0 Å². The molecule has 3 heteroatoms. The molecule has 0 rings (SSSR count). The first-order valence-electron chi connectivity index (χ1n) is 3.43. The van der Waals surface area contributed by atoms with E-state index in [2.05, 4.69) is 25.3 Å². The van der Waals surface area contributed by atoms with Crippen LogP contribution in [-0.2, 0) is 0 Å². The molecule has 0 unspecified atom stereocenters. The summed E-state index contributed by atoms with van der Waals surface area (Å²) in [6.07, 6.45) is 3.32. The van der Waals surface area contributed by atoms with E-state index in [1.807, 2.05) is 11.8 Å². The Bertz CT molecular complexity index is 78.0. The van der Waals surface area contributed by atoms with Gasteiger partial charge in [-0.3, -0.25) is 0 Å². The summed E-state index contributed by atoms with van der Waals surface area (Å²) in [5.41, 5.74) is 0. The minimum Gasteiger partial charge on any atom is -0.305 e. The van der Waals surface area contributed by atoms with Crippen LogP contribution < -0.4 is 0 Å². The summed E-state index contributed by atoms with van der Waals surface area (Å²) >= 11 is 7.62. The highest BCUT2D eigenvalue weighted by molar-refractivity contribution is 7.98. The zero-order valence-corrected chi connectivity index (χ0v) is 8.50. The molecule has 0 radical (unpaired) electrons. The van der Waals surface area contributed by atoms with Gasteiger partial charge in [0, 0.05) is 11.9 Å². The standard InChI is InChI=1S/C7H16ClNS/c1-9(2)7(6-8)4-5-10-3/h7H,4-6H2,1-3H3/t7-/m0/s1. The Morgan fingerprint density at radius 1 is 1.50 bits per heavy atom. The molecule has 62 valence electrons. The van der Waals surface area contributed by atoms with E-state index in [0.29, 0.717) is 6.04 Å². The molecule has 0 aliphatic carbocycles. The molecule has 0 spiro atoms. The van der Waals surface area contributed by atoms with E-state index < -0.39 is 0 Å². The monoisotopic (exact) mass is 181 g/mol. The molecule has 0 bridgehead atoms. The number of nitrogens with zero attached hydrogens (tertiary/aromatic N) is 1. The van der Waals surface area contributed by atoms with Gasteiger partial charge in [0.2, 0.25) is 0 Å². The summed E-state index contributed by atoms with van der Waals surface area (Å²) in [5, 5.41) is 0. The highest BCUT2D eigenvalue weighted by Gasteiger charge is 2.07. The van der Waals surface area contributed by atoms with E-state index in [4.69, 9.17) is 11.6 Å². The van der Waals surface area contributed by atoms with Gasteiger partial charge in [-0.2, -0.15) is 11.8 Å². The Morgan fingerprint density at radius 2 is 2.10 bits per heavy atom. The van der Waals surface area contributed by atoms with Gasteiger partial charge in [0.25, 0.3) is 0 Å². The Balaban J connectivity index is 3.40. The van der Waals surface area contributed by atoms with E-state index in [0.717, 1.165) is 5.88 Å². The van der Waals surface area contributed by atoms with E-state index >= 15 is 0 Å². The molecule has 0 aliphatic rings. The van der Waals surface area contributed by atoms with Crippen molar-refractivity contribution >= 4 is 23.4 Å². The summed E-state index contributed by atoms with van der Waals surface area (Å²) in [4.78, 5) is 2.18. The van der Waals surface area contributed by atoms with Gasteiger partial charge in [-0.15, -0.1) is 11.6 Å². The van der Waals surface area contributed by atoms with Gasteiger partial charge in [-0.05, 0) is 32.5 Å². The Hall–Kier alpha value is 0.600. The van der Waals surface area contributed by atoms with Crippen molar-refractivity contribution in [3.63, 3.8) is 0 Å². The molecule has 1 nitrogen and oxygen atoms in total. The predicted octanol–water partition coefficient (Wildman–Crippen LogP) is 1.91. The fraction of sp³-hybridized carbons (Fsp3) is 1.00. The van der Waals surface area contributed by atoms with Crippen LogP contribution in [0.25, 0.3) is 0 Å². The molecule has 0 N–H and O–H groups in total. The third kappa shape index (κ3) is 4.42. The number of hydrogen-bond acceptors (Lipinski definition) is 2. The van der Waals surface area contributed by atoms with Crippen LogP contribution in [0.4, 0.5) is 0 Å². The highest BCUT2D eigenvalue weighted by atomic mass is 35.5. The third-order valence-electron chi connectivity index (χ3n) is 1.56. The van der Waals surface area contributed by atoms with Crippen LogP contribution in [-0.4, -0.2) is 42.9 Å². The van der Waals surface area contributed by atoms with Gasteiger partial charge in [0.05, 0.1) is 0 Å². The molecule has 0 heterocycles. The molecule has 10 heavy (non-hydrogen) atoms. The number of rotatable bonds is 5. The van der Waals surface area contributed by atoms with Crippen molar-refractivity contribution in [2.24, 2.45) is 0 Å². The Kier molecular flexibility index (Phi) is 6.70. The Labute approximate surface area is 73.1 Å². The van der Waals surface area contributed by atoms with Crippen molar-refractivity contribution in [2.75, 3.05) is 32.0 Å². The summed E-state index contributed by atoms with van der Waals surface area (Å²) in [7, 11) is 4.15. The van der Waals surface area contributed by atoms with Gasteiger partial charge in [0.15, 0.2) is 0 Å². The summed E-state index contributed by atoms with van der Waals surface area (Å²) < 4.78 is 0. The first-order valence-corrected chi connectivity index (χ1v) is 5.36. The fourth-order valence-electron chi connectivity index (χ4n) is 0.727. The second-order valence-electron chi connectivity index (χ2n) is 2.55. The van der Waals surface area contributed by atoms with Gasteiger partial charge < -0.3 is 4.90 Å². The van der Waals surface area contributed by atoms with Crippen molar-refractivity contribution in [2.45, 2.75) is 12.5 Å². The quantitative estimate of drug-likeness (QED) is 0.597. The maximum absolute atomic E-state index is 5.75. The average Bonchev–Trinajstić information content (AvgIpc) is 1.89. The van der Waals surface area contributed by atoms with Crippen LogP contribution >= 0.6 is 23.4 Å². The first kappa shape index (κ1) is 10.6. The maximum atomic E-state index is 5.75. The highest BCUT2D eigenvalue weighted by Crippen LogP contribution is 2.06. The van der Waals surface area contributed by atoms with Crippen LogP contribution in [0, 0.1) is 0 Å². The zero-order chi connectivity index (χ0) is 7.98. The lowest BCUT2D eigenvalue weighted by atomic mass is 10.2. The molecule has 0 aliphatic heterocycles. The fourth-order valence-corrected chi connectivity index (χ4v) is 1.67. The molecule has 0 aromatic carbocycles. The molecule has 0 aromatic heterocycles. The van der Waals surface area contributed by atoms with E-state index in [1.165, 1.54) is 12.2 Å². The zero-order valence-electron chi connectivity index (χ0n) is 6.93. The molecule has 0 aromatic rings. The van der Waals surface area contributed by atoms with Crippen molar-refractivity contribution in [1.29, 1.82) is 0 Å². The smallest absolute Gasteiger partial charge is 0.0379 e. The Morgan fingerprint density at radius 3 is 2.40 bits per heavy atom. The van der Waals surface area contributed by atoms with Gasteiger partial charge in [-0.25, -0.2) is 0 Å². The number of halogens is 1. The van der Waals surface area contributed by atoms with E-state index in [9.17, 15) is 0 Å². The van der Waals surface area contributed by atoms with Gasteiger partial charge in [0.1, 0.15) is 0 Å². The first-order chi connectivity index (χ1) is 4.72. The van der Waals surface area contributed by atoms with Crippen LogP contribution in [0.2, 0.25) is 0 Å². The van der Waals surface area contributed by atoms with E-state index in [-0.39, 0.29) is 0 Å². The SMILES string of the molecule is CSCC[C@@H](CCl)N(C)C. The van der Waals surface area contributed by atoms with Crippen LogP contribution in [0.5, 0.6) is 0 Å². The molecule has 1 atom stereocenters. The number of thioether (sulfide) groups is 1. The van der Waals surface area contributed by atoms with Crippen LogP contribution in [0.1, 0.15) is 6.42 Å². The number of alkyl halides is 1. The second kappa shape index (κ2) is 6.32. The van der Waals surface area contributed by atoms with Crippen molar-refractivity contribution in [1.82, 2.24) is 4.90 Å². The minimum absolute atomic E-state index is 0.550. The molecule has 0 saturated heterocycles. The van der Waals surface area contributed by atoms with Crippen molar-refractivity contribution in [3.05, 3.63) is 0 Å². The second-order valence-corrected chi connectivity index (χ2v) is 3.85. The molecule has 0 amide bonds. The molecule has 0 fully saturated rings. The lowest BCUT2D eigenvalue weighted by Gasteiger charge is -2.20. The average molecular weight is 182 g/mol. The minimum atomic E-state index is 0.550. The number of hydrogen-bond donors (Lipinski definition) is 0. The predicted molar refractivity (Wildman–Crippen MR) is 51.2 cm³/mol. The lowest BCUT2D eigenvalue weighted by molar-refractivity contribution is 0.312. The molecular weight excluding hydrogens is 166 g/mol. The largest absolute Gasteiger partial charge is 0.305 e. The normalized spacial score (nSPS) is 14.1. The molecule has 0 saturated carbocycles. The van der Waals surface area contributed by atoms with Crippen molar-refractivity contribution in [3.8, 4) is 0 Å². The van der Waals surface area contributed by atoms with Crippen LogP contribution in [0.15, 0.2) is 0 Å². The maximum Gasteiger partial charge on any atom is 0.0379 e. The molecular formula is C7H16ClNS. The summed E-state index contributed by atoms with van der Waals surface area (Å²) in [5.74, 6) is 1.95.